The molecule has 0 bridgehead atoms. The van der Waals surface area contributed by atoms with E-state index in [9.17, 15) is 4.79 Å². The summed E-state index contributed by atoms with van der Waals surface area (Å²) in [5, 5.41) is 3.19. The van der Waals surface area contributed by atoms with Crippen LogP contribution in [0.1, 0.15) is 11.7 Å². The zero-order valence-electron chi connectivity index (χ0n) is 10.2. The normalized spacial score (nSPS) is 16.3. The van der Waals surface area contributed by atoms with Gasteiger partial charge in [-0.05, 0) is 18.2 Å². The molecule has 0 fully saturated rings. The van der Waals surface area contributed by atoms with Crippen LogP contribution in [0.15, 0.2) is 54.6 Å². The van der Waals surface area contributed by atoms with Crippen LogP contribution < -0.4 is 10.1 Å². The van der Waals surface area contributed by atoms with Crippen molar-refractivity contribution in [3.63, 3.8) is 0 Å². The first-order valence-corrected chi connectivity index (χ1v) is 6.09. The average Bonchev–Trinajstić information content (AvgIpc) is 2.83. The number of fused-ring (bicyclic) bond motifs is 1. The van der Waals surface area contributed by atoms with Crippen LogP contribution in [0.3, 0.4) is 0 Å². The minimum atomic E-state index is -0.685. The lowest BCUT2D eigenvalue weighted by molar-refractivity contribution is 0.0658. The molecule has 0 amide bonds. The van der Waals surface area contributed by atoms with Crippen LogP contribution in [0.25, 0.3) is 0 Å². The Kier molecular flexibility index (Phi) is 3.06. The smallest absolute Gasteiger partial charge is 0.424 e. The fourth-order valence-electron chi connectivity index (χ4n) is 2.08. The van der Waals surface area contributed by atoms with Crippen molar-refractivity contribution in [1.29, 1.82) is 0 Å². The number of para-hydroxylation sites is 2. The Bertz CT molecular complexity index is 583. The highest BCUT2D eigenvalue weighted by Crippen LogP contribution is 2.32. The Hall–Kier alpha value is -2.49. The standard InChI is InChI=1S/C15H13NO3/c17-15(18-11-6-2-1-3-7-11)19-14-10-16-13-9-5-4-8-12(13)14/h1-9,14,16H,10H2. The van der Waals surface area contributed by atoms with E-state index in [1.165, 1.54) is 0 Å². The highest BCUT2D eigenvalue weighted by atomic mass is 16.7. The molecule has 0 saturated heterocycles. The first kappa shape index (κ1) is 11.6. The van der Waals surface area contributed by atoms with Gasteiger partial charge in [0, 0.05) is 11.3 Å². The third-order valence-corrected chi connectivity index (χ3v) is 2.97. The van der Waals surface area contributed by atoms with Crippen LogP contribution in [-0.4, -0.2) is 12.7 Å². The van der Waals surface area contributed by atoms with E-state index < -0.39 is 6.16 Å². The zero-order valence-corrected chi connectivity index (χ0v) is 10.2. The van der Waals surface area contributed by atoms with Crippen LogP contribution >= 0.6 is 0 Å². The lowest BCUT2D eigenvalue weighted by Gasteiger charge is -2.11. The third kappa shape index (κ3) is 2.52. The van der Waals surface area contributed by atoms with Gasteiger partial charge >= 0.3 is 6.16 Å². The Morgan fingerprint density at radius 2 is 1.79 bits per heavy atom. The van der Waals surface area contributed by atoms with Crippen molar-refractivity contribution < 1.29 is 14.3 Å². The Morgan fingerprint density at radius 3 is 2.63 bits per heavy atom. The molecule has 1 aliphatic heterocycles. The molecule has 3 rings (SSSR count). The number of rotatable bonds is 2. The van der Waals surface area contributed by atoms with Crippen LogP contribution in [0.5, 0.6) is 5.75 Å². The van der Waals surface area contributed by atoms with Gasteiger partial charge in [-0.1, -0.05) is 36.4 Å². The lowest BCUT2D eigenvalue weighted by Crippen LogP contribution is -2.16. The molecule has 2 aromatic rings. The molecular weight excluding hydrogens is 242 g/mol. The van der Waals surface area contributed by atoms with Crippen LogP contribution in [0, 0.1) is 0 Å². The molecule has 4 heteroatoms. The van der Waals surface area contributed by atoms with Crippen molar-refractivity contribution in [3.05, 3.63) is 60.2 Å². The molecule has 96 valence electrons. The number of carbonyl (C=O) groups is 1. The summed E-state index contributed by atoms with van der Waals surface area (Å²) in [5.74, 6) is 0.478. The molecule has 4 nitrogen and oxygen atoms in total. The molecule has 1 atom stereocenters. The van der Waals surface area contributed by atoms with Crippen molar-refractivity contribution in [1.82, 2.24) is 0 Å². The fourth-order valence-corrected chi connectivity index (χ4v) is 2.08. The van der Waals surface area contributed by atoms with E-state index >= 15 is 0 Å². The summed E-state index contributed by atoms with van der Waals surface area (Å²) in [6, 6.07) is 16.6. The molecule has 1 aliphatic rings. The van der Waals surface area contributed by atoms with Crippen LogP contribution in [0.2, 0.25) is 0 Å². The number of nitrogens with one attached hydrogen (secondary N) is 1. The SMILES string of the molecule is O=C(Oc1ccccc1)OC1CNc2ccccc21. The van der Waals surface area contributed by atoms with Crippen LogP contribution in [-0.2, 0) is 4.74 Å². The summed E-state index contributed by atoms with van der Waals surface area (Å²) in [6.45, 7) is 0.573. The van der Waals surface area contributed by atoms with Crippen molar-refractivity contribution in [2.24, 2.45) is 0 Å². The van der Waals surface area contributed by atoms with E-state index in [-0.39, 0.29) is 6.10 Å². The molecule has 0 aliphatic carbocycles. The molecule has 19 heavy (non-hydrogen) atoms. The number of carbonyl (C=O) groups excluding carboxylic acids is 1. The molecule has 1 N–H and O–H groups in total. The van der Waals surface area contributed by atoms with E-state index in [0.29, 0.717) is 12.3 Å². The van der Waals surface area contributed by atoms with Crippen molar-refractivity contribution in [3.8, 4) is 5.75 Å². The number of hydrogen-bond donors (Lipinski definition) is 1. The van der Waals surface area contributed by atoms with Gasteiger partial charge in [0.15, 0.2) is 0 Å². The van der Waals surface area contributed by atoms with E-state index in [1.54, 1.807) is 24.3 Å². The molecule has 0 radical (unpaired) electrons. The Morgan fingerprint density at radius 1 is 1.05 bits per heavy atom. The second-order valence-corrected chi connectivity index (χ2v) is 4.24. The fraction of sp³-hybridized carbons (Fsp3) is 0.133. The summed E-state index contributed by atoms with van der Waals surface area (Å²) in [6.07, 6.45) is -0.984. The van der Waals surface area contributed by atoms with Gasteiger partial charge in [0.25, 0.3) is 0 Å². The summed E-state index contributed by atoms with van der Waals surface area (Å²) in [4.78, 5) is 11.7. The number of anilines is 1. The summed E-state index contributed by atoms with van der Waals surface area (Å²) >= 11 is 0. The monoisotopic (exact) mass is 255 g/mol. The summed E-state index contributed by atoms with van der Waals surface area (Å²) < 4.78 is 10.4. The minimum absolute atomic E-state index is 0.299. The quantitative estimate of drug-likeness (QED) is 0.660. The van der Waals surface area contributed by atoms with Crippen molar-refractivity contribution in [2.45, 2.75) is 6.10 Å². The second kappa shape index (κ2) is 5.02. The Labute approximate surface area is 111 Å². The maximum Gasteiger partial charge on any atom is 0.514 e. The van der Waals surface area contributed by atoms with Gasteiger partial charge < -0.3 is 14.8 Å². The first-order valence-electron chi connectivity index (χ1n) is 6.09. The predicted octanol–water partition coefficient (Wildman–Crippen LogP) is 3.37. The van der Waals surface area contributed by atoms with Gasteiger partial charge in [0.1, 0.15) is 11.9 Å². The topological polar surface area (TPSA) is 47.6 Å². The average molecular weight is 255 g/mol. The van der Waals surface area contributed by atoms with E-state index in [0.717, 1.165) is 11.3 Å². The van der Waals surface area contributed by atoms with Gasteiger partial charge in [-0.2, -0.15) is 0 Å². The largest absolute Gasteiger partial charge is 0.514 e. The third-order valence-electron chi connectivity index (χ3n) is 2.97. The molecule has 1 heterocycles. The summed E-state index contributed by atoms with van der Waals surface area (Å²) in [7, 11) is 0. The second-order valence-electron chi connectivity index (χ2n) is 4.24. The van der Waals surface area contributed by atoms with Gasteiger partial charge in [-0.15, -0.1) is 0 Å². The molecule has 0 spiro atoms. The molecule has 1 unspecified atom stereocenters. The number of ether oxygens (including phenoxy) is 2. The molecule has 2 aromatic carbocycles. The highest BCUT2D eigenvalue weighted by Gasteiger charge is 2.25. The van der Waals surface area contributed by atoms with E-state index in [1.807, 2.05) is 30.3 Å². The van der Waals surface area contributed by atoms with Gasteiger partial charge in [0.05, 0.1) is 6.54 Å². The van der Waals surface area contributed by atoms with E-state index in [2.05, 4.69) is 5.32 Å². The van der Waals surface area contributed by atoms with Crippen molar-refractivity contribution >= 4 is 11.8 Å². The van der Waals surface area contributed by atoms with E-state index in [4.69, 9.17) is 9.47 Å². The predicted molar refractivity (Wildman–Crippen MR) is 71.2 cm³/mol. The highest BCUT2D eigenvalue weighted by molar-refractivity contribution is 5.66. The Balaban J connectivity index is 1.65. The molecule has 0 aromatic heterocycles. The number of hydrogen-bond acceptors (Lipinski definition) is 4. The van der Waals surface area contributed by atoms with Crippen molar-refractivity contribution in [2.75, 3.05) is 11.9 Å². The molecular formula is C15H13NO3. The maximum absolute atomic E-state index is 11.7. The minimum Gasteiger partial charge on any atom is -0.424 e. The summed E-state index contributed by atoms with van der Waals surface area (Å²) in [5.41, 5.74) is 1.98. The number of benzene rings is 2. The van der Waals surface area contributed by atoms with Crippen LogP contribution in [0.4, 0.5) is 10.5 Å². The first-order chi connectivity index (χ1) is 9.33. The lowest BCUT2D eigenvalue weighted by atomic mass is 10.1. The van der Waals surface area contributed by atoms with Gasteiger partial charge in [-0.3, -0.25) is 0 Å². The zero-order chi connectivity index (χ0) is 13.1. The van der Waals surface area contributed by atoms with Gasteiger partial charge in [-0.25, -0.2) is 4.79 Å². The molecule has 0 saturated carbocycles. The maximum atomic E-state index is 11.7. The van der Waals surface area contributed by atoms with Gasteiger partial charge in [0.2, 0.25) is 0 Å².